The summed E-state index contributed by atoms with van der Waals surface area (Å²) in [6.45, 7) is 5.46. The van der Waals surface area contributed by atoms with Crippen molar-refractivity contribution in [3.8, 4) is 5.75 Å². The number of carbonyl (C=O) groups is 2. The molecular weight excluding hydrogens is 272 g/mol. The lowest BCUT2D eigenvalue weighted by Gasteiger charge is -2.17. The van der Waals surface area contributed by atoms with Crippen LogP contribution in [0, 0.1) is 12.8 Å². The van der Waals surface area contributed by atoms with E-state index < -0.39 is 12.0 Å². The van der Waals surface area contributed by atoms with Gasteiger partial charge in [-0.05, 0) is 36.6 Å². The molecule has 0 bridgehead atoms. The average molecular weight is 294 g/mol. The second-order valence-corrected chi connectivity index (χ2v) is 5.10. The lowest BCUT2D eigenvalue weighted by molar-refractivity contribution is -0.142. The molecule has 21 heavy (non-hydrogen) atoms. The molecular formula is C15H22N2O4. The summed E-state index contributed by atoms with van der Waals surface area (Å²) in [5.74, 6) is -0.0821. The molecule has 6 heteroatoms. The lowest BCUT2D eigenvalue weighted by atomic mass is 10.0. The Balaban J connectivity index is 2.70. The second kappa shape index (κ2) is 7.64. The number of hydrogen-bond acceptors (Lipinski definition) is 5. The van der Waals surface area contributed by atoms with Crippen molar-refractivity contribution in [3.05, 3.63) is 23.8 Å². The summed E-state index contributed by atoms with van der Waals surface area (Å²) in [5.41, 5.74) is 7.29. The lowest BCUT2D eigenvalue weighted by Crippen LogP contribution is -2.39. The summed E-state index contributed by atoms with van der Waals surface area (Å²) in [4.78, 5) is 22.9. The van der Waals surface area contributed by atoms with Crippen molar-refractivity contribution in [1.82, 2.24) is 0 Å². The fourth-order valence-corrected chi connectivity index (χ4v) is 1.59. The molecule has 0 saturated heterocycles. The second-order valence-electron chi connectivity index (χ2n) is 5.10. The number of amides is 1. The SMILES string of the molecule is COC(=O)COc1ccc(NC(=O)[C@@H](N)C(C)C)c(C)c1. The minimum Gasteiger partial charge on any atom is -0.482 e. The molecule has 0 aliphatic rings. The molecule has 1 aromatic rings. The Kier molecular flexibility index (Phi) is 6.17. The summed E-state index contributed by atoms with van der Waals surface area (Å²) in [6, 6.07) is 4.57. The number of rotatable bonds is 6. The van der Waals surface area contributed by atoms with Crippen molar-refractivity contribution in [2.24, 2.45) is 11.7 Å². The third-order valence-electron chi connectivity index (χ3n) is 3.06. The third kappa shape index (κ3) is 5.07. The van der Waals surface area contributed by atoms with Gasteiger partial charge in [-0.25, -0.2) is 4.79 Å². The zero-order valence-electron chi connectivity index (χ0n) is 12.8. The van der Waals surface area contributed by atoms with Crippen molar-refractivity contribution >= 4 is 17.6 Å². The predicted molar refractivity (Wildman–Crippen MR) is 80.1 cm³/mol. The highest BCUT2D eigenvalue weighted by molar-refractivity contribution is 5.95. The number of nitrogens with one attached hydrogen (secondary N) is 1. The first-order chi connectivity index (χ1) is 9.85. The van der Waals surface area contributed by atoms with Crippen LogP contribution in [0.1, 0.15) is 19.4 Å². The van der Waals surface area contributed by atoms with Crippen LogP contribution in [0.15, 0.2) is 18.2 Å². The number of esters is 1. The molecule has 1 rings (SSSR count). The van der Waals surface area contributed by atoms with Crippen molar-refractivity contribution in [2.45, 2.75) is 26.8 Å². The van der Waals surface area contributed by atoms with Crippen LogP contribution in [0.3, 0.4) is 0 Å². The highest BCUT2D eigenvalue weighted by Gasteiger charge is 2.17. The van der Waals surface area contributed by atoms with E-state index in [1.54, 1.807) is 18.2 Å². The highest BCUT2D eigenvalue weighted by Crippen LogP contribution is 2.21. The molecule has 0 aliphatic carbocycles. The smallest absolute Gasteiger partial charge is 0.343 e. The van der Waals surface area contributed by atoms with Gasteiger partial charge < -0.3 is 20.5 Å². The standard InChI is InChI=1S/C15H22N2O4/c1-9(2)14(16)15(19)17-12-6-5-11(7-10(12)3)21-8-13(18)20-4/h5-7,9,14H,8,16H2,1-4H3,(H,17,19)/t14-/m0/s1. The van der Waals surface area contributed by atoms with Gasteiger partial charge in [0.1, 0.15) is 5.75 Å². The quantitative estimate of drug-likeness (QED) is 0.775. The molecule has 1 amide bonds. The van der Waals surface area contributed by atoms with Gasteiger partial charge in [-0.2, -0.15) is 0 Å². The van der Waals surface area contributed by atoms with Gasteiger partial charge in [-0.15, -0.1) is 0 Å². The van der Waals surface area contributed by atoms with E-state index in [0.717, 1.165) is 5.56 Å². The maximum atomic E-state index is 11.9. The van der Waals surface area contributed by atoms with Crippen LogP contribution in [0.5, 0.6) is 5.75 Å². The first kappa shape index (κ1) is 17.0. The average Bonchev–Trinajstić information content (AvgIpc) is 2.46. The maximum Gasteiger partial charge on any atom is 0.343 e. The molecule has 0 aromatic heterocycles. The van der Waals surface area contributed by atoms with Crippen molar-refractivity contribution < 1.29 is 19.1 Å². The van der Waals surface area contributed by atoms with Crippen LogP contribution in [0.2, 0.25) is 0 Å². The minimum atomic E-state index is -0.556. The van der Waals surface area contributed by atoms with Gasteiger partial charge in [0.15, 0.2) is 6.61 Å². The number of methoxy groups -OCH3 is 1. The first-order valence-corrected chi connectivity index (χ1v) is 6.72. The van der Waals surface area contributed by atoms with Crippen molar-refractivity contribution in [3.63, 3.8) is 0 Å². The zero-order valence-corrected chi connectivity index (χ0v) is 12.8. The number of anilines is 1. The number of benzene rings is 1. The monoisotopic (exact) mass is 294 g/mol. The molecule has 1 aromatic carbocycles. The van der Waals surface area contributed by atoms with Crippen molar-refractivity contribution in [2.75, 3.05) is 19.0 Å². The van der Waals surface area contributed by atoms with Crippen LogP contribution >= 0.6 is 0 Å². The molecule has 0 heterocycles. The van der Waals surface area contributed by atoms with Crippen LogP contribution in [0.4, 0.5) is 5.69 Å². The molecule has 116 valence electrons. The molecule has 0 aliphatic heterocycles. The highest BCUT2D eigenvalue weighted by atomic mass is 16.6. The predicted octanol–water partition coefficient (Wildman–Crippen LogP) is 1.47. The largest absolute Gasteiger partial charge is 0.482 e. The summed E-state index contributed by atoms with van der Waals surface area (Å²) >= 11 is 0. The van der Waals surface area contributed by atoms with Crippen LogP contribution < -0.4 is 15.8 Å². The van der Waals surface area contributed by atoms with E-state index in [1.165, 1.54) is 7.11 Å². The number of ether oxygens (including phenoxy) is 2. The molecule has 0 radical (unpaired) electrons. The molecule has 0 fully saturated rings. The third-order valence-corrected chi connectivity index (χ3v) is 3.06. The van der Waals surface area contributed by atoms with Gasteiger partial charge in [0.25, 0.3) is 0 Å². The van der Waals surface area contributed by atoms with Gasteiger partial charge in [-0.1, -0.05) is 13.8 Å². The van der Waals surface area contributed by atoms with Gasteiger partial charge in [0.05, 0.1) is 13.2 Å². The van der Waals surface area contributed by atoms with Gasteiger partial charge in [-0.3, -0.25) is 4.79 Å². The van der Waals surface area contributed by atoms with Crippen LogP contribution in [0.25, 0.3) is 0 Å². The number of nitrogens with two attached hydrogens (primary N) is 1. The van der Waals surface area contributed by atoms with E-state index in [9.17, 15) is 9.59 Å². The summed E-state index contributed by atoms with van der Waals surface area (Å²) < 4.78 is 9.77. The molecule has 3 N–H and O–H groups in total. The number of carbonyl (C=O) groups excluding carboxylic acids is 2. The molecule has 1 atom stereocenters. The maximum absolute atomic E-state index is 11.9. The molecule has 6 nitrogen and oxygen atoms in total. The number of hydrogen-bond donors (Lipinski definition) is 2. The van der Waals surface area contributed by atoms with Gasteiger partial charge in [0.2, 0.25) is 5.91 Å². The normalized spacial score (nSPS) is 11.9. The topological polar surface area (TPSA) is 90.6 Å². The van der Waals surface area contributed by atoms with Gasteiger partial charge >= 0.3 is 5.97 Å². The Bertz CT molecular complexity index is 514. The summed E-state index contributed by atoms with van der Waals surface area (Å²) in [7, 11) is 1.30. The molecule has 0 saturated carbocycles. The zero-order chi connectivity index (χ0) is 16.0. The van der Waals surface area contributed by atoms with E-state index in [4.69, 9.17) is 10.5 Å². The van der Waals surface area contributed by atoms with Crippen molar-refractivity contribution in [1.29, 1.82) is 0 Å². The van der Waals surface area contributed by atoms with E-state index in [-0.39, 0.29) is 18.4 Å². The fraction of sp³-hybridized carbons (Fsp3) is 0.467. The van der Waals surface area contributed by atoms with E-state index in [2.05, 4.69) is 10.1 Å². The van der Waals surface area contributed by atoms with Crippen LogP contribution in [-0.4, -0.2) is 31.6 Å². The summed E-state index contributed by atoms with van der Waals surface area (Å²) in [5, 5.41) is 2.78. The van der Waals surface area contributed by atoms with Crippen LogP contribution in [-0.2, 0) is 14.3 Å². The Morgan fingerprint density at radius 2 is 2.00 bits per heavy atom. The number of aryl methyl sites for hydroxylation is 1. The Morgan fingerprint density at radius 3 is 2.52 bits per heavy atom. The first-order valence-electron chi connectivity index (χ1n) is 6.72. The Hall–Kier alpha value is -2.08. The Labute approximate surface area is 124 Å². The van der Waals surface area contributed by atoms with E-state index in [0.29, 0.717) is 11.4 Å². The Morgan fingerprint density at radius 1 is 1.33 bits per heavy atom. The fourth-order valence-electron chi connectivity index (χ4n) is 1.59. The molecule has 0 unspecified atom stereocenters. The molecule has 0 spiro atoms. The summed E-state index contributed by atoms with van der Waals surface area (Å²) in [6.07, 6.45) is 0. The van der Waals surface area contributed by atoms with Gasteiger partial charge in [0, 0.05) is 5.69 Å². The van der Waals surface area contributed by atoms with E-state index in [1.807, 2.05) is 20.8 Å². The minimum absolute atomic E-state index is 0.0629. The van der Waals surface area contributed by atoms with E-state index >= 15 is 0 Å².